The topological polar surface area (TPSA) is 59.9 Å². The van der Waals surface area contributed by atoms with Gasteiger partial charge in [0.05, 0.1) is 11.9 Å². The van der Waals surface area contributed by atoms with Gasteiger partial charge in [0.1, 0.15) is 4.90 Å². The largest absolute Gasteiger partial charge is 0.235 e. The van der Waals surface area contributed by atoms with Gasteiger partial charge >= 0.3 is 0 Å². The van der Waals surface area contributed by atoms with E-state index in [2.05, 4.69) is 9.97 Å². The Morgan fingerprint density at radius 2 is 1.52 bits per heavy atom. The van der Waals surface area contributed by atoms with E-state index in [1.165, 1.54) is 12.5 Å². The molecule has 0 aliphatic rings. The predicted molar refractivity (Wildman–Crippen MR) is 90.8 cm³/mol. The first kappa shape index (κ1) is 15.4. The zero-order chi connectivity index (χ0) is 16.4. The highest BCUT2D eigenvalue weighted by Crippen LogP contribution is 2.27. The van der Waals surface area contributed by atoms with Gasteiger partial charge in [0.15, 0.2) is 15.7 Å². The summed E-state index contributed by atoms with van der Waals surface area (Å²) in [5, 5.41) is 0. The van der Waals surface area contributed by atoms with E-state index in [-0.39, 0.29) is 4.90 Å². The highest BCUT2D eigenvalue weighted by Gasteiger charge is 2.18. The summed E-state index contributed by atoms with van der Waals surface area (Å²) in [7, 11) is -3.42. The van der Waals surface area contributed by atoms with Crippen LogP contribution in [0.2, 0.25) is 0 Å². The van der Waals surface area contributed by atoms with Gasteiger partial charge < -0.3 is 0 Å². The number of rotatable bonds is 3. The first-order chi connectivity index (χ1) is 10.9. The van der Waals surface area contributed by atoms with E-state index in [4.69, 9.17) is 0 Å². The molecule has 0 radical (unpaired) electrons. The molecule has 1 aromatic heterocycles. The molecular formula is C18H16N2O2S. The van der Waals surface area contributed by atoms with Crippen LogP contribution in [0, 0.1) is 6.92 Å². The summed E-state index contributed by atoms with van der Waals surface area (Å²) in [4.78, 5) is 8.89. The molecule has 0 saturated carbocycles. The second-order valence-electron chi connectivity index (χ2n) is 5.41. The number of aromatic nitrogens is 2. The van der Waals surface area contributed by atoms with Gasteiger partial charge in [-0.3, -0.25) is 0 Å². The second-order valence-corrected chi connectivity index (χ2v) is 7.39. The average Bonchev–Trinajstić information content (AvgIpc) is 2.55. The summed E-state index contributed by atoms with van der Waals surface area (Å²) in [5.74, 6) is 0.508. The molecular weight excluding hydrogens is 308 g/mol. The molecule has 1 heterocycles. The molecule has 0 bridgehead atoms. The Balaban J connectivity index is 2.23. The third kappa shape index (κ3) is 3.29. The van der Waals surface area contributed by atoms with Crippen LogP contribution >= 0.6 is 0 Å². The van der Waals surface area contributed by atoms with Crippen molar-refractivity contribution in [3.05, 3.63) is 66.4 Å². The average molecular weight is 324 g/mol. The van der Waals surface area contributed by atoms with Crippen LogP contribution in [0.3, 0.4) is 0 Å². The number of benzene rings is 2. The number of nitrogens with zero attached hydrogens (tertiary/aromatic N) is 2. The minimum atomic E-state index is -3.42. The Kier molecular flexibility index (Phi) is 3.96. The smallest absolute Gasteiger partial charge is 0.179 e. The number of sulfone groups is 1. The minimum absolute atomic E-state index is 0.140. The first-order valence-electron chi connectivity index (χ1n) is 7.15. The third-order valence-corrected chi connectivity index (χ3v) is 4.61. The number of aryl methyl sites for hydroxylation is 1. The highest BCUT2D eigenvalue weighted by atomic mass is 32.2. The fourth-order valence-corrected chi connectivity index (χ4v) is 3.05. The summed E-state index contributed by atoms with van der Waals surface area (Å²) >= 11 is 0. The normalized spacial score (nSPS) is 11.4. The van der Waals surface area contributed by atoms with Crippen LogP contribution in [0.1, 0.15) is 5.56 Å². The van der Waals surface area contributed by atoms with Gasteiger partial charge in [-0.25, -0.2) is 18.4 Å². The quantitative estimate of drug-likeness (QED) is 0.739. The van der Waals surface area contributed by atoms with Crippen LogP contribution in [0.25, 0.3) is 22.6 Å². The van der Waals surface area contributed by atoms with Crippen molar-refractivity contribution in [2.45, 2.75) is 11.8 Å². The van der Waals surface area contributed by atoms with Crippen molar-refractivity contribution in [3.63, 3.8) is 0 Å². The maximum absolute atomic E-state index is 12.1. The summed E-state index contributed by atoms with van der Waals surface area (Å²) in [5.41, 5.74) is 3.14. The SMILES string of the molecule is Cc1ccc(-c2nc(-c3ccccc3)ncc2S(C)(=O)=O)cc1. The lowest BCUT2D eigenvalue weighted by Crippen LogP contribution is -2.04. The Labute approximate surface area is 135 Å². The van der Waals surface area contributed by atoms with Crippen LogP contribution < -0.4 is 0 Å². The fraction of sp³-hybridized carbons (Fsp3) is 0.111. The summed E-state index contributed by atoms with van der Waals surface area (Å²) < 4.78 is 24.1. The van der Waals surface area contributed by atoms with E-state index < -0.39 is 9.84 Å². The van der Waals surface area contributed by atoms with E-state index in [1.807, 2.05) is 61.5 Å². The molecule has 0 fully saturated rings. The molecule has 0 saturated heterocycles. The fourth-order valence-electron chi connectivity index (χ4n) is 2.29. The zero-order valence-electron chi connectivity index (χ0n) is 12.9. The van der Waals surface area contributed by atoms with Crippen LogP contribution in [-0.4, -0.2) is 24.6 Å². The molecule has 2 aromatic carbocycles. The van der Waals surface area contributed by atoms with Gasteiger partial charge in [-0.15, -0.1) is 0 Å². The van der Waals surface area contributed by atoms with Crippen molar-refractivity contribution in [1.29, 1.82) is 0 Å². The van der Waals surface area contributed by atoms with E-state index in [0.717, 1.165) is 16.7 Å². The van der Waals surface area contributed by atoms with Crippen LogP contribution in [-0.2, 0) is 9.84 Å². The monoisotopic (exact) mass is 324 g/mol. The summed E-state index contributed by atoms with van der Waals surface area (Å²) in [6, 6.07) is 17.1. The van der Waals surface area contributed by atoms with E-state index in [9.17, 15) is 8.42 Å². The minimum Gasteiger partial charge on any atom is -0.235 e. The highest BCUT2D eigenvalue weighted by molar-refractivity contribution is 7.90. The standard InChI is InChI=1S/C18H16N2O2S/c1-13-8-10-14(11-9-13)17-16(23(2,21)22)12-19-18(20-17)15-6-4-3-5-7-15/h3-12H,1-2H3. The van der Waals surface area contributed by atoms with Gasteiger partial charge in [0.25, 0.3) is 0 Å². The van der Waals surface area contributed by atoms with Gasteiger partial charge in [-0.1, -0.05) is 60.2 Å². The lowest BCUT2D eigenvalue weighted by molar-refractivity contribution is 0.601. The molecule has 116 valence electrons. The van der Waals surface area contributed by atoms with Crippen molar-refractivity contribution in [1.82, 2.24) is 9.97 Å². The van der Waals surface area contributed by atoms with Gasteiger partial charge in [0.2, 0.25) is 0 Å². The molecule has 0 unspecified atom stereocenters. The lowest BCUT2D eigenvalue weighted by Gasteiger charge is -2.09. The molecule has 3 aromatic rings. The van der Waals surface area contributed by atoms with Crippen LogP contribution in [0.5, 0.6) is 0 Å². The van der Waals surface area contributed by atoms with Crippen LogP contribution in [0.4, 0.5) is 0 Å². The Morgan fingerprint density at radius 3 is 2.13 bits per heavy atom. The molecule has 0 amide bonds. The van der Waals surface area contributed by atoms with E-state index >= 15 is 0 Å². The number of hydrogen-bond acceptors (Lipinski definition) is 4. The molecule has 0 spiro atoms. The van der Waals surface area contributed by atoms with E-state index in [1.54, 1.807) is 0 Å². The van der Waals surface area contributed by atoms with Crippen molar-refractivity contribution in [2.24, 2.45) is 0 Å². The maximum Gasteiger partial charge on any atom is 0.179 e. The summed E-state index contributed by atoms with van der Waals surface area (Å²) in [6.45, 7) is 1.98. The van der Waals surface area contributed by atoms with Crippen LogP contribution in [0.15, 0.2) is 65.7 Å². The summed E-state index contributed by atoms with van der Waals surface area (Å²) in [6.07, 6.45) is 2.56. The molecule has 0 atom stereocenters. The first-order valence-corrected chi connectivity index (χ1v) is 9.04. The van der Waals surface area contributed by atoms with Gasteiger partial charge in [-0.2, -0.15) is 0 Å². The Hall–Kier alpha value is -2.53. The molecule has 0 aliphatic heterocycles. The van der Waals surface area contributed by atoms with Crippen molar-refractivity contribution in [2.75, 3.05) is 6.26 Å². The zero-order valence-corrected chi connectivity index (χ0v) is 13.7. The molecule has 3 rings (SSSR count). The molecule has 0 aliphatic carbocycles. The third-order valence-electron chi connectivity index (χ3n) is 3.51. The van der Waals surface area contributed by atoms with Crippen molar-refractivity contribution >= 4 is 9.84 Å². The predicted octanol–water partition coefficient (Wildman–Crippen LogP) is 3.52. The molecule has 5 heteroatoms. The molecule has 23 heavy (non-hydrogen) atoms. The number of hydrogen-bond donors (Lipinski definition) is 0. The Morgan fingerprint density at radius 1 is 0.870 bits per heavy atom. The second kappa shape index (κ2) is 5.93. The van der Waals surface area contributed by atoms with Crippen molar-refractivity contribution < 1.29 is 8.42 Å². The van der Waals surface area contributed by atoms with Gasteiger partial charge in [-0.05, 0) is 6.92 Å². The molecule has 0 N–H and O–H groups in total. The lowest BCUT2D eigenvalue weighted by atomic mass is 10.1. The maximum atomic E-state index is 12.1. The van der Waals surface area contributed by atoms with E-state index in [0.29, 0.717) is 11.5 Å². The van der Waals surface area contributed by atoms with Crippen molar-refractivity contribution in [3.8, 4) is 22.6 Å². The molecule has 4 nitrogen and oxygen atoms in total. The van der Waals surface area contributed by atoms with Gasteiger partial charge in [0, 0.05) is 17.4 Å². The Bertz CT molecular complexity index is 935.